The first-order chi connectivity index (χ1) is 27.8. The van der Waals surface area contributed by atoms with Crippen LogP contribution < -0.4 is 0 Å². The fourth-order valence-corrected chi connectivity index (χ4v) is 8.08. The third-order valence-electron chi connectivity index (χ3n) is 12.0. The lowest BCUT2D eigenvalue weighted by atomic mass is 10.0. The second-order valence-electron chi connectivity index (χ2n) is 17.6. The highest BCUT2D eigenvalue weighted by molar-refractivity contribution is 5.69. The largest absolute Gasteiger partial charge is 0.462 e. The zero-order chi connectivity index (χ0) is 42.0. The van der Waals surface area contributed by atoms with Crippen molar-refractivity contribution in [1.82, 2.24) is 4.90 Å². The van der Waals surface area contributed by atoms with Crippen LogP contribution in [0.5, 0.6) is 0 Å². The number of nitrogens with zero attached hydrogens (tertiary/aromatic N) is 1. The van der Waals surface area contributed by atoms with E-state index in [1.807, 2.05) is 0 Å². The standard InChI is InChI=1S/C50H99NO6/c1-6-10-13-16-20-27-37-47(9-4)56-49(54)41-31-25-26-36-46(53)44-51(45(5)35-32-34-43-52)42-33-24-19-23-30-40-50(55)57-48(38-28-21-17-14-11-7-2)39-29-22-18-15-12-8-3/h45-48,52-53H,6-44H2,1-5H3. The number of esters is 2. The Kier molecular flexibility index (Phi) is 42.0. The molecule has 7 nitrogen and oxygen atoms in total. The Morgan fingerprint density at radius 2 is 0.860 bits per heavy atom. The van der Waals surface area contributed by atoms with Crippen molar-refractivity contribution in [1.29, 1.82) is 0 Å². The Bertz CT molecular complexity index is 839. The number of carbonyl (C=O) groups excluding carboxylic acids is 2. The first-order valence-corrected chi connectivity index (χ1v) is 25.2. The highest BCUT2D eigenvalue weighted by atomic mass is 16.5. The predicted molar refractivity (Wildman–Crippen MR) is 243 cm³/mol. The van der Waals surface area contributed by atoms with Crippen LogP contribution in [0.4, 0.5) is 0 Å². The normalized spacial score (nSPS) is 13.4. The summed E-state index contributed by atoms with van der Waals surface area (Å²) in [6, 6.07) is 0.360. The molecular formula is C50H99NO6. The molecule has 340 valence electrons. The summed E-state index contributed by atoms with van der Waals surface area (Å²) in [5, 5.41) is 20.3. The van der Waals surface area contributed by atoms with Crippen LogP contribution in [-0.2, 0) is 19.1 Å². The lowest BCUT2D eigenvalue weighted by Gasteiger charge is -2.31. The van der Waals surface area contributed by atoms with E-state index in [9.17, 15) is 19.8 Å². The van der Waals surface area contributed by atoms with Gasteiger partial charge < -0.3 is 19.7 Å². The molecule has 0 rings (SSSR count). The average molecular weight is 810 g/mol. The molecule has 0 aliphatic heterocycles. The molecule has 0 spiro atoms. The van der Waals surface area contributed by atoms with Crippen LogP contribution in [0.1, 0.15) is 266 Å². The average Bonchev–Trinajstić information content (AvgIpc) is 3.20. The number of ether oxygens (including phenoxy) is 2. The van der Waals surface area contributed by atoms with Gasteiger partial charge in [-0.1, -0.05) is 156 Å². The number of aliphatic hydroxyl groups is 2. The van der Waals surface area contributed by atoms with Gasteiger partial charge in [0.25, 0.3) is 0 Å². The molecule has 0 fully saturated rings. The number of carbonyl (C=O) groups is 2. The van der Waals surface area contributed by atoms with Crippen LogP contribution in [0.3, 0.4) is 0 Å². The van der Waals surface area contributed by atoms with Crippen molar-refractivity contribution in [2.45, 2.75) is 290 Å². The van der Waals surface area contributed by atoms with Gasteiger partial charge in [-0.15, -0.1) is 0 Å². The van der Waals surface area contributed by atoms with Crippen LogP contribution in [0.25, 0.3) is 0 Å². The summed E-state index contributed by atoms with van der Waals surface area (Å²) in [5.74, 6) is -0.0693. The molecular weight excluding hydrogens is 711 g/mol. The lowest BCUT2D eigenvalue weighted by Crippen LogP contribution is -2.39. The molecule has 0 saturated heterocycles. The van der Waals surface area contributed by atoms with Gasteiger partial charge in [0, 0.05) is 32.0 Å². The summed E-state index contributed by atoms with van der Waals surface area (Å²) in [5.41, 5.74) is 0. The second kappa shape index (κ2) is 42.9. The van der Waals surface area contributed by atoms with Crippen LogP contribution in [0.15, 0.2) is 0 Å². The first kappa shape index (κ1) is 55.8. The molecule has 0 radical (unpaired) electrons. The van der Waals surface area contributed by atoms with Gasteiger partial charge in [0.1, 0.15) is 12.2 Å². The Hall–Kier alpha value is -1.18. The smallest absolute Gasteiger partial charge is 0.306 e. The van der Waals surface area contributed by atoms with Crippen molar-refractivity contribution in [2.75, 3.05) is 19.7 Å². The van der Waals surface area contributed by atoms with Crippen molar-refractivity contribution < 1.29 is 29.3 Å². The minimum Gasteiger partial charge on any atom is -0.462 e. The summed E-state index contributed by atoms with van der Waals surface area (Å²) in [7, 11) is 0. The van der Waals surface area contributed by atoms with Crippen molar-refractivity contribution in [3.8, 4) is 0 Å². The summed E-state index contributed by atoms with van der Waals surface area (Å²) < 4.78 is 11.8. The lowest BCUT2D eigenvalue weighted by molar-refractivity contribution is -0.150. The SMILES string of the molecule is CCCCCCCCC(CC)OC(=O)CCCCCC(O)CN(CCCCCCCC(=O)OC(CCCCCCCC)CCCCCCCC)C(C)CCCCO. The second-order valence-corrected chi connectivity index (χ2v) is 17.6. The minimum atomic E-state index is -0.379. The van der Waals surface area contributed by atoms with E-state index < -0.39 is 0 Å². The van der Waals surface area contributed by atoms with Gasteiger partial charge in [-0.2, -0.15) is 0 Å². The van der Waals surface area contributed by atoms with E-state index in [2.05, 4.69) is 39.5 Å². The van der Waals surface area contributed by atoms with Gasteiger partial charge in [-0.3, -0.25) is 14.5 Å². The van der Waals surface area contributed by atoms with Gasteiger partial charge in [-0.25, -0.2) is 0 Å². The topological polar surface area (TPSA) is 96.3 Å². The molecule has 0 aromatic rings. The molecule has 0 aliphatic rings. The minimum absolute atomic E-state index is 0.00213. The van der Waals surface area contributed by atoms with E-state index in [1.165, 1.54) is 109 Å². The summed E-state index contributed by atoms with van der Waals surface area (Å²) in [6.45, 7) is 13.0. The highest BCUT2D eigenvalue weighted by Crippen LogP contribution is 2.20. The van der Waals surface area contributed by atoms with Gasteiger partial charge in [0.15, 0.2) is 0 Å². The zero-order valence-corrected chi connectivity index (χ0v) is 38.9. The molecule has 7 heteroatoms. The maximum atomic E-state index is 12.8. The Balaban J connectivity index is 4.49. The van der Waals surface area contributed by atoms with Gasteiger partial charge >= 0.3 is 11.9 Å². The Morgan fingerprint density at radius 1 is 0.474 bits per heavy atom. The number of hydrogen-bond donors (Lipinski definition) is 2. The maximum Gasteiger partial charge on any atom is 0.306 e. The van der Waals surface area contributed by atoms with E-state index in [0.29, 0.717) is 25.4 Å². The molecule has 57 heavy (non-hydrogen) atoms. The van der Waals surface area contributed by atoms with Gasteiger partial charge in [-0.05, 0) is 103 Å². The molecule has 0 bridgehead atoms. The van der Waals surface area contributed by atoms with E-state index in [0.717, 1.165) is 116 Å². The maximum absolute atomic E-state index is 12.8. The zero-order valence-electron chi connectivity index (χ0n) is 38.9. The summed E-state index contributed by atoms with van der Waals surface area (Å²) in [4.78, 5) is 27.8. The molecule has 3 unspecified atom stereocenters. The predicted octanol–water partition coefficient (Wildman–Crippen LogP) is 14.0. The highest BCUT2D eigenvalue weighted by Gasteiger charge is 2.19. The van der Waals surface area contributed by atoms with Crippen molar-refractivity contribution in [3.63, 3.8) is 0 Å². The van der Waals surface area contributed by atoms with Crippen LogP contribution in [-0.4, -0.2) is 71.1 Å². The monoisotopic (exact) mass is 810 g/mol. The quantitative estimate of drug-likeness (QED) is 0.0467. The third kappa shape index (κ3) is 37.6. The fraction of sp³-hybridized carbons (Fsp3) is 0.960. The molecule has 0 aliphatic carbocycles. The molecule has 0 aromatic heterocycles. The van der Waals surface area contributed by atoms with Crippen LogP contribution in [0.2, 0.25) is 0 Å². The van der Waals surface area contributed by atoms with Crippen molar-refractivity contribution in [3.05, 3.63) is 0 Å². The Labute approximate surface area is 355 Å². The van der Waals surface area contributed by atoms with Crippen molar-refractivity contribution >= 4 is 11.9 Å². The molecule has 2 N–H and O–H groups in total. The molecule has 0 saturated carbocycles. The van der Waals surface area contributed by atoms with Crippen molar-refractivity contribution in [2.24, 2.45) is 0 Å². The summed E-state index contributed by atoms with van der Waals surface area (Å²) in [6.07, 6.45) is 39.0. The van der Waals surface area contributed by atoms with E-state index in [4.69, 9.17) is 9.47 Å². The first-order valence-electron chi connectivity index (χ1n) is 25.2. The molecule has 3 atom stereocenters. The fourth-order valence-electron chi connectivity index (χ4n) is 8.08. The van der Waals surface area contributed by atoms with E-state index in [1.54, 1.807) is 0 Å². The molecule has 0 heterocycles. The van der Waals surface area contributed by atoms with Gasteiger partial charge in [0.05, 0.1) is 6.10 Å². The number of hydrogen-bond acceptors (Lipinski definition) is 7. The van der Waals surface area contributed by atoms with Crippen LogP contribution in [0, 0.1) is 0 Å². The summed E-state index contributed by atoms with van der Waals surface area (Å²) >= 11 is 0. The van der Waals surface area contributed by atoms with E-state index >= 15 is 0 Å². The van der Waals surface area contributed by atoms with E-state index in [-0.39, 0.29) is 36.9 Å². The van der Waals surface area contributed by atoms with Crippen LogP contribution >= 0.6 is 0 Å². The number of unbranched alkanes of at least 4 members (excludes halogenated alkanes) is 22. The molecule has 0 amide bonds. The van der Waals surface area contributed by atoms with Gasteiger partial charge in [0.2, 0.25) is 0 Å². The Morgan fingerprint density at radius 3 is 1.35 bits per heavy atom. The number of rotatable bonds is 45. The third-order valence-corrected chi connectivity index (χ3v) is 12.0. The number of aliphatic hydroxyl groups excluding tert-OH is 2. The molecule has 0 aromatic carbocycles.